The molecule has 4 aliphatic rings. The van der Waals surface area contributed by atoms with Gasteiger partial charge in [0.15, 0.2) is 30.4 Å². The van der Waals surface area contributed by atoms with E-state index in [2.05, 4.69) is 0 Å². The smallest absolute Gasteiger partial charge is 0.458 e. The van der Waals surface area contributed by atoms with Gasteiger partial charge >= 0.3 is 18.1 Å². The number of rotatable bonds is 11. The van der Waals surface area contributed by atoms with Crippen molar-refractivity contribution < 1.29 is 71.7 Å². The SMILES string of the molecule is CC[C@H]1OC(=O)[C@H](C)[C@@H](O[C@H]2C[C@@](C)(OC)[C@@H](OCC=O)[C@H](C)O2)[C@H](C)[C@@H](O[C@@H]2O[C@H](C)C[C@H](N(C)C)[C@H]2OC(C)=O)[C@](C)(O)C[C@@H](C)CN(C)[C@H](C)[C@@H]2OC(=O)O[C@]12C. The third kappa shape index (κ3) is 11.2. The Morgan fingerprint density at radius 1 is 0.983 bits per heavy atom. The number of hydrogen-bond donors (Lipinski definition) is 1. The number of hydrogen-bond acceptors (Lipinski definition) is 17. The van der Waals surface area contributed by atoms with Crippen LogP contribution in [-0.4, -0.2) is 171 Å². The van der Waals surface area contributed by atoms with E-state index in [1.807, 2.05) is 72.5 Å². The number of cyclic esters (lactones) is 1. The first-order valence-electron chi connectivity index (χ1n) is 21.5. The molecule has 1 N–H and O–H groups in total. The van der Waals surface area contributed by atoms with E-state index < -0.39 is 102 Å². The van der Waals surface area contributed by atoms with Crippen LogP contribution in [0.3, 0.4) is 0 Å². The highest BCUT2D eigenvalue weighted by Gasteiger charge is 2.58. The molecule has 0 unspecified atom stereocenters. The summed E-state index contributed by atoms with van der Waals surface area (Å²) < 4.78 is 62.4. The summed E-state index contributed by atoms with van der Waals surface area (Å²) in [7, 11) is 7.25. The zero-order valence-corrected chi connectivity index (χ0v) is 38.5. The minimum Gasteiger partial charge on any atom is -0.458 e. The molecule has 0 spiro atoms. The molecule has 18 atom stereocenters. The van der Waals surface area contributed by atoms with Crippen LogP contribution in [0, 0.1) is 17.8 Å². The van der Waals surface area contributed by atoms with Crippen molar-refractivity contribution in [2.24, 2.45) is 17.8 Å². The zero-order valence-electron chi connectivity index (χ0n) is 38.5. The van der Waals surface area contributed by atoms with Crippen LogP contribution in [0.2, 0.25) is 0 Å². The number of nitrogens with zero attached hydrogens (tertiary/aromatic N) is 2. The van der Waals surface area contributed by atoms with Crippen LogP contribution in [0.4, 0.5) is 4.79 Å². The summed E-state index contributed by atoms with van der Waals surface area (Å²) in [5.74, 6) is -3.14. The Bertz CT molecular complexity index is 1470. The molecule has 4 aliphatic heterocycles. The van der Waals surface area contributed by atoms with E-state index in [4.69, 9.17) is 47.4 Å². The van der Waals surface area contributed by atoms with Gasteiger partial charge in [0.05, 0.1) is 47.6 Å². The summed E-state index contributed by atoms with van der Waals surface area (Å²) in [4.78, 5) is 55.3. The normalized spacial score (nSPS) is 45.0. The maximum Gasteiger partial charge on any atom is 0.509 e. The maximum atomic E-state index is 14.6. The lowest BCUT2D eigenvalue weighted by Gasteiger charge is -2.49. The molecule has 0 saturated carbocycles. The van der Waals surface area contributed by atoms with Crippen molar-refractivity contribution in [3.05, 3.63) is 0 Å². The number of aliphatic hydroxyl groups is 1. The van der Waals surface area contributed by atoms with E-state index in [9.17, 15) is 24.3 Å². The van der Waals surface area contributed by atoms with Crippen LogP contribution in [0.1, 0.15) is 102 Å². The molecule has 4 saturated heterocycles. The molecular formula is C43H74N2O15. The molecule has 0 aliphatic carbocycles. The van der Waals surface area contributed by atoms with Crippen LogP contribution in [0.25, 0.3) is 0 Å². The Kier molecular flexibility index (Phi) is 17.0. The first kappa shape index (κ1) is 50.2. The van der Waals surface area contributed by atoms with Gasteiger partial charge in [-0.25, -0.2) is 4.79 Å². The summed E-state index contributed by atoms with van der Waals surface area (Å²) in [5.41, 5.74) is -3.91. The summed E-state index contributed by atoms with van der Waals surface area (Å²) in [6, 6.07) is -0.655. The van der Waals surface area contributed by atoms with Gasteiger partial charge in [0, 0.05) is 39.0 Å². The highest BCUT2D eigenvalue weighted by atomic mass is 16.8. The third-order valence-electron chi connectivity index (χ3n) is 13.2. The fraction of sp³-hybridized carbons (Fsp3) is 0.907. The topological polar surface area (TPSA) is 187 Å². The van der Waals surface area contributed by atoms with Crippen molar-refractivity contribution in [1.82, 2.24) is 9.80 Å². The van der Waals surface area contributed by atoms with E-state index >= 15 is 0 Å². The Morgan fingerprint density at radius 2 is 1.65 bits per heavy atom. The Labute approximate surface area is 356 Å². The largest absolute Gasteiger partial charge is 0.509 e. The highest BCUT2D eigenvalue weighted by Crippen LogP contribution is 2.42. The van der Waals surface area contributed by atoms with E-state index in [0.29, 0.717) is 25.7 Å². The van der Waals surface area contributed by atoms with Crippen molar-refractivity contribution in [3.63, 3.8) is 0 Å². The summed E-state index contributed by atoms with van der Waals surface area (Å²) in [6.45, 7) is 19.9. The lowest BCUT2D eigenvalue weighted by Crippen LogP contribution is -2.61. The van der Waals surface area contributed by atoms with Crippen molar-refractivity contribution in [1.29, 1.82) is 0 Å². The highest BCUT2D eigenvalue weighted by molar-refractivity contribution is 5.73. The van der Waals surface area contributed by atoms with Crippen molar-refractivity contribution in [2.75, 3.05) is 41.4 Å². The van der Waals surface area contributed by atoms with E-state index in [1.165, 1.54) is 6.92 Å². The zero-order chi connectivity index (χ0) is 45.1. The molecule has 4 fully saturated rings. The second-order valence-electron chi connectivity index (χ2n) is 18.6. The van der Waals surface area contributed by atoms with Gasteiger partial charge in [0.1, 0.15) is 25.1 Å². The number of methoxy groups -OCH3 is 1. The number of carbonyl (C=O) groups excluding carboxylic acids is 4. The fourth-order valence-corrected chi connectivity index (χ4v) is 10.1. The molecule has 346 valence electrons. The number of likely N-dealkylation sites (N-methyl/N-ethyl adjacent to an activating group) is 2. The van der Waals surface area contributed by atoms with Gasteiger partial charge in [0.2, 0.25) is 0 Å². The third-order valence-corrected chi connectivity index (χ3v) is 13.2. The van der Waals surface area contributed by atoms with Gasteiger partial charge in [0.25, 0.3) is 0 Å². The molecule has 60 heavy (non-hydrogen) atoms. The van der Waals surface area contributed by atoms with Crippen LogP contribution < -0.4 is 0 Å². The number of aldehydes is 1. The van der Waals surface area contributed by atoms with Gasteiger partial charge in [-0.2, -0.15) is 0 Å². The second-order valence-corrected chi connectivity index (χ2v) is 18.6. The molecule has 17 heteroatoms. The van der Waals surface area contributed by atoms with Crippen LogP contribution >= 0.6 is 0 Å². The molecule has 4 heterocycles. The molecular weight excluding hydrogens is 784 g/mol. The van der Waals surface area contributed by atoms with Crippen LogP contribution in [-0.2, 0) is 61.8 Å². The fourth-order valence-electron chi connectivity index (χ4n) is 10.1. The molecule has 0 amide bonds. The monoisotopic (exact) mass is 859 g/mol. The molecule has 4 rings (SSSR count). The number of carbonyl (C=O) groups is 4. The summed E-state index contributed by atoms with van der Waals surface area (Å²) >= 11 is 0. The van der Waals surface area contributed by atoms with Crippen molar-refractivity contribution >= 4 is 24.4 Å². The van der Waals surface area contributed by atoms with Crippen molar-refractivity contribution in [3.8, 4) is 0 Å². The number of ether oxygens (including phenoxy) is 10. The Morgan fingerprint density at radius 3 is 2.23 bits per heavy atom. The van der Waals surface area contributed by atoms with Crippen LogP contribution in [0.5, 0.6) is 0 Å². The van der Waals surface area contributed by atoms with Crippen molar-refractivity contribution in [2.45, 2.75) is 192 Å². The Balaban J connectivity index is 1.87. The number of esters is 2. The van der Waals surface area contributed by atoms with Crippen LogP contribution in [0.15, 0.2) is 0 Å². The van der Waals surface area contributed by atoms with E-state index in [0.717, 1.165) is 0 Å². The van der Waals surface area contributed by atoms with Gasteiger partial charge < -0.3 is 62.2 Å². The Hall–Kier alpha value is -2.48. The predicted octanol–water partition coefficient (Wildman–Crippen LogP) is 3.88. The van der Waals surface area contributed by atoms with Gasteiger partial charge in [-0.3, -0.25) is 14.5 Å². The molecule has 0 aromatic rings. The second kappa shape index (κ2) is 20.4. The summed E-state index contributed by atoms with van der Waals surface area (Å²) in [6.07, 6.45) is -7.26. The minimum absolute atomic E-state index is 0.151. The lowest BCUT2D eigenvalue weighted by atomic mass is 9.77. The minimum atomic E-state index is -1.61. The molecule has 0 radical (unpaired) electrons. The lowest BCUT2D eigenvalue weighted by molar-refractivity contribution is -0.320. The maximum absolute atomic E-state index is 14.6. The standard InChI is InChI=1S/C43H74N2O15/c1-16-31-43(11)36(59-40(49)60-43)27(6)45(14)22-23(2)20-41(9,50)35(58-39-34(55-29(8)47)30(44(12)13)19-24(3)53-39)25(4)33(26(5)38(48)56-31)57-32-21-42(10,51-15)37(28(7)54-32)52-18-17-46/h17,23-28,30-37,39,50H,16,18-22H2,1-15H3/t23-,24-,25+,26-,27-,28+,30+,31-,32+,33+,34-,35-,36+,37+,39+,41-,42-,43-/m1/s1. The number of fused-ring (bicyclic) bond motifs is 1. The molecule has 0 bridgehead atoms. The molecule has 0 aromatic heterocycles. The van der Waals surface area contributed by atoms with Gasteiger partial charge in [-0.05, 0) is 94.8 Å². The van der Waals surface area contributed by atoms with E-state index in [-0.39, 0.29) is 43.6 Å². The average Bonchev–Trinajstić information content (AvgIpc) is 3.47. The first-order chi connectivity index (χ1) is 27.9. The van der Waals surface area contributed by atoms with Gasteiger partial charge in [-0.15, -0.1) is 0 Å². The molecule has 0 aromatic carbocycles. The predicted molar refractivity (Wildman–Crippen MR) is 217 cm³/mol. The summed E-state index contributed by atoms with van der Waals surface area (Å²) in [5, 5.41) is 12.8. The van der Waals surface area contributed by atoms with E-state index in [1.54, 1.807) is 34.8 Å². The average molecular weight is 859 g/mol. The molecule has 17 nitrogen and oxygen atoms in total. The quantitative estimate of drug-likeness (QED) is 0.179. The van der Waals surface area contributed by atoms with Gasteiger partial charge in [-0.1, -0.05) is 20.8 Å². The first-order valence-corrected chi connectivity index (χ1v) is 21.5.